The van der Waals surface area contributed by atoms with Crippen molar-refractivity contribution in [3.8, 4) is 10.7 Å². The number of amides is 1. The maximum absolute atomic E-state index is 11.9. The molecular formula is C14H19ClN4O2S. The Morgan fingerprint density at radius 2 is 2.27 bits per heavy atom. The Labute approximate surface area is 139 Å². The average molecular weight is 343 g/mol. The van der Waals surface area contributed by atoms with Crippen molar-refractivity contribution in [2.75, 3.05) is 13.1 Å². The fraction of sp³-hybridized carbons (Fsp3) is 0.500. The molecule has 1 aliphatic heterocycles. The third-order valence-electron chi connectivity index (χ3n) is 3.48. The van der Waals surface area contributed by atoms with E-state index in [0.29, 0.717) is 30.6 Å². The lowest BCUT2D eigenvalue weighted by Crippen LogP contribution is -2.42. The van der Waals surface area contributed by atoms with E-state index in [1.807, 2.05) is 17.5 Å². The van der Waals surface area contributed by atoms with Gasteiger partial charge in [0.2, 0.25) is 17.6 Å². The molecule has 2 N–H and O–H groups in total. The van der Waals surface area contributed by atoms with Gasteiger partial charge in [-0.1, -0.05) is 11.2 Å². The molecule has 22 heavy (non-hydrogen) atoms. The van der Waals surface area contributed by atoms with Crippen molar-refractivity contribution < 1.29 is 9.32 Å². The van der Waals surface area contributed by atoms with Crippen LogP contribution in [-0.2, 0) is 11.2 Å². The van der Waals surface area contributed by atoms with Crippen molar-refractivity contribution in [2.24, 2.45) is 0 Å². The molecule has 6 nitrogen and oxygen atoms in total. The lowest BCUT2D eigenvalue weighted by atomic mass is 10.1. The van der Waals surface area contributed by atoms with Gasteiger partial charge in [-0.2, -0.15) is 4.98 Å². The summed E-state index contributed by atoms with van der Waals surface area (Å²) >= 11 is 1.57. The number of aryl methyl sites for hydroxylation is 1. The SMILES string of the molecule is Cl.O=C(CCc1nc(-c2cccs2)no1)NC1CCNCC1. The first-order valence-corrected chi connectivity index (χ1v) is 8.06. The Hall–Kier alpha value is -1.44. The summed E-state index contributed by atoms with van der Waals surface area (Å²) in [6.45, 7) is 1.94. The number of nitrogens with zero attached hydrogens (tertiary/aromatic N) is 2. The van der Waals surface area contributed by atoms with Crippen molar-refractivity contribution in [3.63, 3.8) is 0 Å². The maximum atomic E-state index is 11.9. The smallest absolute Gasteiger partial charge is 0.227 e. The van der Waals surface area contributed by atoms with Gasteiger partial charge in [-0.15, -0.1) is 23.7 Å². The van der Waals surface area contributed by atoms with Gasteiger partial charge in [-0.25, -0.2) is 0 Å². The standard InChI is InChI=1S/C14H18N4O2S.ClH/c19-12(16-10-5-7-15-8-6-10)3-4-13-17-14(18-20-13)11-2-1-9-21-11;/h1-2,9-10,15H,3-8H2,(H,16,19);1H. The molecule has 2 aromatic rings. The Balaban J connectivity index is 0.00000176. The van der Waals surface area contributed by atoms with Gasteiger partial charge in [0.15, 0.2) is 0 Å². The Kier molecular flexibility index (Phi) is 6.35. The number of nitrogens with one attached hydrogen (secondary N) is 2. The summed E-state index contributed by atoms with van der Waals surface area (Å²) in [6, 6.07) is 4.19. The Morgan fingerprint density at radius 1 is 1.45 bits per heavy atom. The van der Waals surface area contributed by atoms with Crippen molar-refractivity contribution in [3.05, 3.63) is 23.4 Å². The second-order valence-electron chi connectivity index (χ2n) is 5.08. The van der Waals surface area contributed by atoms with Gasteiger partial charge in [0.25, 0.3) is 0 Å². The van der Waals surface area contributed by atoms with Gasteiger partial charge >= 0.3 is 0 Å². The van der Waals surface area contributed by atoms with Gasteiger partial charge in [0, 0.05) is 18.9 Å². The van der Waals surface area contributed by atoms with Gasteiger partial charge < -0.3 is 15.2 Å². The van der Waals surface area contributed by atoms with Gasteiger partial charge in [0.05, 0.1) is 4.88 Å². The Bertz CT molecular complexity index is 581. The molecule has 0 radical (unpaired) electrons. The van der Waals surface area contributed by atoms with Crippen molar-refractivity contribution in [1.29, 1.82) is 0 Å². The number of carbonyl (C=O) groups is 1. The van der Waals surface area contributed by atoms with Crippen LogP contribution in [0.3, 0.4) is 0 Å². The lowest BCUT2D eigenvalue weighted by Gasteiger charge is -2.23. The summed E-state index contributed by atoms with van der Waals surface area (Å²) in [5, 5.41) is 12.2. The monoisotopic (exact) mass is 342 g/mol. The highest BCUT2D eigenvalue weighted by Gasteiger charge is 2.16. The number of halogens is 1. The van der Waals surface area contributed by atoms with E-state index in [1.54, 1.807) is 11.3 Å². The molecule has 0 spiro atoms. The molecule has 0 bridgehead atoms. The minimum Gasteiger partial charge on any atom is -0.353 e. The molecular weight excluding hydrogens is 324 g/mol. The minimum absolute atomic E-state index is 0. The zero-order chi connectivity index (χ0) is 14.5. The lowest BCUT2D eigenvalue weighted by molar-refractivity contribution is -0.122. The van der Waals surface area contributed by atoms with Crippen molar-refractivity contribution in [2.45, 2.75) is 31.7 Å². The molecule has 1 amide bonds. The van der Waals surface area contributed by atoms with Crippen LogP contribution in [0.25, 0.3) is 10.7 Å². The zero-order valence-corrected chi connectivity index (χ0v) is 13.7. The number of aromatic nitrogens is 2. The first-order chi connectivity index (χ1) is 10.3. The summed E-state index contributed by atoms with van der Waals surface area (Å²) < 4.78 is 5.18. The molecule has 0 saturated carbocycles. The molecule has 1 saturated heterocycles. The summed E-state index contributed by atoms with van der Waals surface area (Å²) in [4.78, 5) is 17.2. The van der Waals surface area contributed by atoms with E-state index in [-0.39, 0.29) is 18.3 Å². The quantitative estimate of drug-likeness (QED) is 0.869. The topological polar surface area (TPSA) is 80.0 Å². The minimum atomic E-state index is 0. The number of hydrogen-bond donors (Lipinski definition) is 2. The number of rotatable bonds is 5. The van der Waals surface area contributed by atoms with Crippen LogP contribution >= 0.6 is 23.7 Å². The summed E-state index contributed by atoms with van der Waals surface area (Å²) in [5.74, 6) is 1.16. The molecule has 3 heterocycles. The molecule has 1 aliphatic rings. The average Bonchev–Trinajstić information content (AvgIpc) is 3.17. The molecule has 0 aliphatic carbocycles. The van der Waals surface area contributed by atoms with Crippen molar-refractivity contribution in [1.82, 2.24) is 20.8 Å². The zero-order valence-electron chi connectivity index (χ0n) is 12.1. The van der Waals surface area contributed by atoms with E-state index >= 15 is 0 Å². The second kappa shape index (κ2) is 8.26. The van der Waals surface area contributed by atoms with Crippen LogP contribution in [0.4, 0.5) is 0 Å². The first-order valence-electron chi connectivity index (χ1n) is 7.18. The summed E-state index contributed by atoms with van der Waals surface area (Å²) in [6.07, 6.45) is 2.86. The van der Waals surface area contributed by atoms with E-state index in [4.69, 9.17) is 4.52 Å². The second-order valence-corrected chi connectivity index (χ2v) is 6.03. The van der Waals surface area contributed by atoms with Crippen LogP contribution in [0.2, 0.25) is 0 Å². The van der Waals surface area contributed by atoms with E-state index in [0.717, 1.165) is 30.8 Å². The number of piperidine rings is 1. The maximum Gasteiger partial charge on any atom is 0.227 e. The number of thiophene rings is 1. The van der Waals surface area contributed by atoms with Crippen LogP contribution < -0.4 is 10.6 Å². The Morgan fingerprint density at radius 3 is 3.00 bits per heavy atom. The van der Waals surface area contributed by atoms with Crippen LogP contribution in [0.1, 0.15) is 25.2 Å². The fourth-order valence-electron chi connectivity index (χ4n) is 2.35. The van der Waals surface area contributed by atoms with Crippen LogP contribution in [-0.4, -0.2) is 35.2 Å². The predicted molar refractivity (Wildman–Crippen MR) is 87.2 cm³/mol. The van der Waals surface area contributed by atoms with Crippen LogP contribution in [0.5, 0.6) is 0 Å². The van der Waals surface area contributed by atoms with E-state index in [2.05, 4.69) is 20.8 Å². The normalized spacial score (nSPS) is 15.3. The van der Waals surface area contributed by atoms with Crippen LogP contribution in [0.15, 0.2) is 22.0 Å². The highest BCUT2D eigenvalue weighted by Crippen LogP contribution is 2.21. The molecule has 2 aromatic heterocycles. The predicted octanol–water partition coefficient (Wildman–Crippen LogP) is 2.02. The molecule has 120 valence electrons. The third-order valence-corrected chi connectivity index (χ3v) is 4.35. The van der Waals surface area contributed by atoms with Crippen molar-refractivity contribution >= 4 is 29.7 Å². The largest absolute Gasteiger partial charge is 0.353 e. The van der Waals surface area contributed by atoms with Gasteiger partial charge in [-0.05, 0) is 37.4 Å². The highest BCUT2D eigenvalue weighted by molar-refractivity contribution is 7.13. The van der Waals surface area contributed by atoms with E-state index in [9.17, 15) is 4.79 Å². The highest BCUT2D eigenvalue weighted by atomic mass is 35.5. The van der Waals surface area contributed by atoms with Crippen LogP contribution in [0, 0.1) is 0 Å². The molecule has 0 atom stereocenters. The first kappa shape index (κ1) is 16.9. The third kappa shape index (κ3) is 4.53. The summed E-state index contributed by atoms with van der Waals surface area (Å²) in [7, 11) is 0. The fourth-order valence-corrected chi connectivity index (χ4v) is 3.00. The molecule has 0 unspecified atom stereocenters. The number of carbonyl (C=O) groups excluding carboxylic acids is 1. The molecule has 0 aromatic carbocycles. The number of hydrogen-bond acceptors (Lipinski definition) is 6. The summed E-state index contributed by atoms with van der Waals surface area (Å²) in [5.41, 5.74) is 0. The van der Waals surface area contributed by atoms with Gasteiger partial charge in [0.1, 0.15) is 0 Å². The van der Waals surface area contributed by atoms with E-state index < -0.39 is 0 Å². The molecule has 1 fully saturated rings. The molecule has 3 rings (SSSR count). The van der Waals surface area contributed by atoms with E-state index in [1.165, 1.54) is 0 Å². The van der Waals surface area contributed by atoms with Gasteiger partial charge in [-0.3, -0.25) is 4.79 Å². The molecule has 8 heteroatoms.